The Kier molecular flexibility index (Phi) is 4.57. The van der Waals surface area contributed by atoms with Crippen molar-refractivity contribution in [2.45, 2.75) is 58.2 Å². The zero-order valence-electron chi connectivity index (χ0n) is 10.7. The van der Waals surface area contributed by atoms with E-state index in [1.807, 2.05) is 6.20 Å². The fraction of sp³-hybridized carbons (Fsp3) is 0.769. The number of oxazole rings is 1. The Bertz CT molecular complexity index is 338. The third-order valence-corrected chi connectivity index (χ3v) is 3.31. The van der Waals surface area contributed by atoms with Crippen molar-refractivity contribution in [3.63, 3.8) is 0 Å². The number of ether oxygens (including phenoxy) is 1. The second kappa shape index (κ2) is 6.17. The average molecular weight is 238 g/mol. The topological polar surface area (TPSA) is 47.3 Å². The van der Waals surface area contributed by atoms with Gasteiger partial charge in [-0.1, -0.05) is 13.8 Å². The molecule has 4 heteroatoms. The minimum absolute atomic E-state index is 0.414. The van der Waals surface area contributed by atoms with Gasteiger partial charge in [0.2, 0.25) is 5.89 Å². The molecule has 0 radical (unpaired) electrons. The predicted octanol–water partition coefficient (Wildman–Crippen LogP) is 2.28. The zero-order valence-corrected chi connectivity index (χ0v) is 10.7. The van der Waals surface area contributed by atoms with Crippen LogP contribution in [0, 0.1) is 0 Å². The molecule has 0 bridgehead atoms. The number of nitrogens with zero attached hydrogens (tertiary/aromatic N) is 1. The lowest BCUT2D eigenvalue weighted by Gasteiger charge is -2.29. The standard InChI is InChI=1S/C13H22N2O2/c1-3-11-7-10(5-6-16-11)14-9-13-15-8-12(4-2)17-13/h8,10-11,14H,3-7,9H2,1-2H3. The van der Waals surface area contributed by atoms with Crippen molar-refractivity contribution in [1.82, 2.24) is 10.3 Å². The minimum Gasteiger partial charge on any atom is -0.444 e. The molecule has 1 aromatic rings. The van der Waals surface area contributed by atoms with E-state index in [4.69, 9.17) is 9.15 Å². The van der Waals surface area contributed by atoms with Gasteiger partial charge in [-0.05, 0) is 19.3 Å². The molecular formula is C13H22N2O2. The van der Waals surface area contributed by atoms with E-state index in [0.29, 0.717) is 12.1 Å². The van der Waals surface area contributed by atoms with Crippen molar-refractivity contribution in [2.75, 3.05) is 6.61 Å². The summed E-state index contributed by atoms with van der Waals surface area (Å²) in [6, 6.07) is 0.533. The van der Waals surface area contributed by atoms with E-state index in [9.17, 15) is 0 Å². The Labute approximate surface area is 103 Å². The Morgan fingerprint density at radius 3 is 3.06 bits per heavy atom. The van der Waals surface area contributed by atoms with Gasteiger partial charge in [0.15, 0.2) is 0 Å². The van der Waals surface area contributed by atoms with Crippen LogP contribution in [0.25, 0.3) is 0 Å². The quantitative estimate of drug-likeness (QED) is 0.855. The van der Waals surface area contributed by atoms with E-state index in [1.54, 1.807) is 0 Å². The molecule has 17 heavy (non-hydrogen) atoms. The summed E-state index contributed by atoms with van der Waals surface area (Å²) in [7, 11) is 0. The van der Waals surface area contributed by atoms with E-state index in [0.717, 1.165) is 50.5 Å². The summed E-state index contributed by atoms with van der Waals surface area (Å²) in [5, 5.41) is 3.50. The Morgan fingerprint density at radius 2 is 2.35 bits per heavy atom. The van der Waals surface area contributed by atoms with Gasteiger partial charge >= 0.3 is 0 Å². The number of hydrogen-bond donors (Lipinski definition) is 1. The third kappa shape index (κ3) is 3.54. The summed E-state index contributed by atoms with van der Waals surface area (Å²) in [5.74, 6) is 1.75. The summed E-state index contributed by atoms with van der Waals surface area (Å²) in [6.45, 7) is 5.83. The van der Waals surface area contributed by atoms with Crippen LogP contribution in [0.2, 0.25) is 0 Å². The van der Waals surface area contributed by atoms with Crippen LogP contribution in [0.1, 0.15) is 44.8 Å². The molecule has 0 aliphatic carbocycles. The van der Waals surface area contributed by atoms with Gasteiger partial charge < -0.3 is 14.5 Å². The van der Waals surface area contributed by atoms with E-state index in [-0.39, 0.29) is 0 Å². The van der Waals surface area contributed by atoms with Crippen molar-refractivity contribution >= 4 is 0 Å². The summed E-state index contributed by atoms with van der Waals surface area (Å²) >= 11 is 0. The molecule has 1 fully saturated rings. The molecule has 2 heterocycles. The van der Waals surface area contributed by atoms with Crippen LogP contribution in [0.4, 0.5) is 0 Å². The van der Waals surface area contributed by atoms with Crippen LogP contribution in [0.3, 0.4) is 0 Å². The molecule has 1 N–H and O–H groups in total. The second-order valence-corrected chi connectivity index (χ2v) is 4.58. The first kappa shape index (κ1) is 12.6. The Balaban J connectivity index is 1.77. The molecule has 2 rings (SSSR count). The highest BCUT2D eigenvalue weighted by Gasteiger charge is 2.21. The van der Waals surface area contributed by atoms with Gasteiger partial charge in [0.25, 0.3) is 0 Å². The van der Waals surface area contributed by atoms with E-state index < -0.39 is 0 Å². The van der Waals surface area contributed by atoms with Crippen LogP contribution in [-0.2, 0) is 17.7 Å². The van der Waals surface area contributed by atoms with Gasteiger partial charge in [-0.25, -0.2) is 4.98 Å². The summed E-state index contributed by atoms with van der Waals surface area (Å²) < 4.78 is 11.2. The molecular weight excluding hydrogens is 216 g/mol. The Hall–Kier alpha value is -0.870. The highest BCUT2D eigenvalue weighted by atomic mass is 16.5. The molecule has 0 amide bonds. The zero-order chi connectivity index (χ0) is 12.1. The van der Waals surface area contributed by atoms with Crippen LogP contribution in [0.5, 0.6) is 0 Å². The lowest BCUT2D eigenvalue weighted by Crippen LogP contribution is -2.38. The first-order valence-corrected chi connectivity index (χ1v) is 6.60. The van der Waals surface area contributed by atoms with Crippen LogP contribution >= 0.6 is 0 Å². The average Bonchev–Trinajstić information content (AvgIpc) is 2.84. The monoisotopic (exact) mass is 238 g/mol. The maximum Gasteiger partial charge on any atom is 0.208 e. The SMILES string of the molecule is CCc1cnc(CNC2CCOC(CC)C2)o1. The van der Waals surface area contributed by atoms with Gasteiger partial charge in [-0.3, -0.25) is 0 Å². The number of aromatic nitrogens is 1. The molecule has 2 unspecified atom stereocenters. The lowest BCUT2D eigenvalue weighted by molar-refractivity contribution is -0.000661. The predicted molar refractivity (Wildman–Crippen MR) is 65.8 cm³/mol. The van der Waals surface area contributed by atoms with Gasteiger partial charge in [0.1, 0.15) is 5.76 Å². The van der Waals surface area contributed by atoms with E-state index in [1.165, 1.54) is 0 Å². The van der Waals surface area contributed by atoms with Crippen molar-refractivity contribution < 1.29 is 9.15 Å². The second-order valence-electron chi connectivity index (χ2n) is 4.58. The maximum absolute atomic E-state index is 5.65. The van der Waals surface area contributed by atoms with Crippen molar-refractivity contribution in [3.8, 4) is 0 Å². The number of nitrogens with one attached hydrogen (secondary N) is 1. The largest absolute Gasteiger partial charge is 0.444 e. The van der Waals surface area contributed by atoms with Crippen LogP contribution in [-0.4, -0.2) is 23.7 Å². The Morgan fingerprint density at radius 1 is 1.47 bits per heavy atom. The third-order valence-electron chi connectivity index (χ3n) is 3.31. The van der Waals surface area contributed by atoms with Gasteiger partial charge in [-0.2, -0.15) is 0 Å². The highest BCUT2D eigenvalue weighted by Crippen LogP contribution is 2.16. The normalized spacial score (nSPS) is 25.1. The molecule has 4 nitrogen and oxygen atoms in total. The lowest BCUT2D eigenvalue weighted by atomic mass is 10.0. The molecule has 0 saturated carbocycles. The molecule has 1 aliphatic rings. The number of rotatable bonds is 5. The first-order chi connectivity index (χ1) is 8.31. The van der Waals surface area contributed by atoms with Crippen LogP contribution < -0.4 is 5.32 Å². The fourth-order valence-corrected chi connectivity index (χ4v) is 2.17. The molecule has 2 atom stereocenters. The summed E-state index contributed by atoms with van der Waals surface area (Å²) in [5.41, 5.74) is 0. The fourth-order valence-electron chi connectivity index (χ4n) is 2.17. The number of aryl methyl sites for hydroxylation is 1. The summed E-state index contributed by atoms with van der Waals surface area (Å²) in [4.78, 5) is 4.25. The maximum atomic E-state index is 5.65. The molecule has 1 saturated heterocycles. The van der Waals surface area contributed by atoms with E-state index >= 15 is 0 Å². The number of hydrogen-bond acceptors (Lipinski definition) is 4. The molecule has 1 aliphatic heterocycles. The van der Waals surface area contributed by atoms with E-state index in [2.05, 4.69) is 24.1 Å². The smallest absolute Gasteiger partial charge is 0.208 e. The minimum atomic E-state index is 0.414. The highest BCUT2D eigenvalue weighted by molar-refractivity contribution is 4.93. The van der Waals surface area contributed by atoms with Crippen molar-refractivity contribution in [1.29, 1.82) is 0 Å². The van der Waals surface area contributed by atoms with Gasteiger partial charge in [-0.15, -0.1) is 0 Å². The van der Waals surface area contributed by atoms with Crippen molar-refractivity contribution in [3.05, 3.63) is 17.8 Å². The molecule has 96 valence electrons. The van der Waals surface area contributed by atoms with Gasteiger partial charge in [0.05, 0.1) is 18.8 Å². The molecule has 0 aromatic carbocycles. The molecule has 0 spiro atoms. The summed E-state index contributed by atoms with van der Waals surface area (Å²) in [6.07, 6.45) is 6.40. The first-order valence-electron chi connectivity index (χ1n) is 6.60. The molecule has 1 aromatic heterocycles. The van der Waals surface area contributed by atoms with Crippen LogP contribution in [0.15, 0.2) is 10.6 Å². The van der Waals surface area contributed by atoms with Crippen molar-refractivity contribution in [2.24, 2.45) is 0 Å². The van der Waals surface area contributed by atoms with Gasteiger partial charge in [0, 0.05) is 19.1 Å².